The monoisotopic (exact) mass is 352 g/mol. The molecule has 0 amide bonds. The second-order valence-electron chi connectivity index (χ2n) is 5.13. The predicted molar refractivity (Wildman–Crippen MR) is 87.0 cm³/mol. The summed E-state index contributed by atoms with van der Waals surface area (Å²) in [6, 6.07) is 8.91. The molecular formula is C16H15F3N4S. The molecule has 24 heavy (non-hydrogen) atoms. The maximum absolute atomic E-state index is 12.6. The molecule has 0 saturated carbocycles. The number of anilines is 1. The summed E-state index contributed by atoms with van der Waals surface area (Å²) < 4.78 is 37.8. The van der Waals surface area contributed by atoms with Gasteiger partial charge in [-0.1, -0.05) is 0 Å². The van der Waals surface area contributed by atoms with Crippen LogP contribution in [0.2, 0.25) is 0 Å². The maximum Gasteiger partial charge on any atom is 0.416 e. The Bertz CT molecular complexity index is 674. The predicted octanol–water partition coefficient (Wildman–Crippen LogP) is 3.45. The van der Waals surface area contributed by atoms with Crippen LogP contribution in [-0.2, 0) is 6.18 Å². The van der Waals surface area contributed by atoms with E-state index >= 15 is 0 Å². The maximum atomic E-state index is 12.6. The van der Waals surface area contributed by atoms with Crippen molar-refractivity contribution in [3.63, 3.8) is 0 Å². The Labute approximate surface area is 142 Å². The van der Waals surface area contributed by atoms with Gasteiger partial charge in [-0.2, -0.15) is 23.7 Å². The summed E-state index contributed by atoms with van der Waals surface area (Å²) in [6.07, 6.45) is -2.52. The molecule has 1 aliphatic rings. The number of benzene rings is 1. The molecule has 1 aromatic carbocycles. The largest absolute Gasteiger partial charge is 0.416 e. The second-order valence-corrected chi connectivity index (χ2v) is 5.92. The molecule has 1 heterocycles. The molecule has 0 atom stereocenters. The number of alkyl halides is 3. The number of piperazine rings is 1. The average Bonchev–Trinajstić information content (AvgIpc) is 2.59. The van der Waals surface area contributed by atoms with Crippen molar-refractivity contribution in [1.29, 1.82) is 10.5 Å². The fourth-order valence-corrected chi connectivity index (χ4v) is 3.28. The quantitative estimate of drug-likeness (QED) is 0.780. The van der Waals surface area contributed by atoms with Crippen molar-refractivity contribution < 1.29 is 13.2 Å². The van der Waals surface area contributed by atoms with Crippen LogP contribution in [0.4, 0.5) is 18.9 Å². The van der Waals surface area contributed by atoms with Crippen LogP contribution in [0.1, 0.15) is 5.56 Å². The van der Waals surface area contributed by atoms with E-state index in [4.69, 9.17) is 10.5 Å². The van der Waals surface area contributed by atoms with Gasteiger partial charge in [-0.3, -0.25) is 0 Å². The van der Waals surface area contributed by atoms with Crippen molar-refractivity contribution in [2.45, 2.75) is 6.18 Å². The third kappa shape index (κ3) is 3.95. The summed E-state index contributed by atoms with van der Waals surface area (Å²) in [7, 11) is 0. The lowest BCUT2D eigenvalue weighted by molar-refractivity contribution is -0.137. The Kier molecular flexibility index (Phi) is 5.63. The van der Waals surface area contributed by atoms with E-state index in [0.29, 0.717) is 31.2 Å². The zero-order chi connectivity index (χ0) is 17.7. The number of hydrogen-bond acceptors (Lipinski definition) is 5. The first kappa shape index (κ1) is 18.0. The molecule has 2 rings (SSSR count). The Morgan fingerprint density at radius 1 is 1.04 bits per heavy atom. The fraction of sp³-hybridized carbons (Fsp3) is 0.375. The van der Waals surface area contributed by atoms with E-state index in [-0.39, 0.29) is 5.57 Å². The van der Waals surface area contributed by atoms with E-state index in [9.17, 15) is 13.2 Å². The van der Waals surface area contributed by atoms with Crippen molar-refractivity contribution in [3.8, 4) is 12.1 Å². The summed E-state index contributed by atoms with van der Waals surface area (Å²) in [5, 5.41) is 18.7. The van der Waals surface area contributed by atoms with Crippen LogP contribution in [0, 0.1) is 22.7 Å². The summed E-state index contributed by atoms with van der Waals surface area (Å²) in [6.45, 7) is 2.42. The van der Waals surface area contributed by atoms with Crippen LogP contribution >= 0.6 is 11.8 Å². The van der Waals surface area contributed by atoms with Gasteiger partial charge in [0.25, 0.3) is 0 Å². The highest BCUT2D eigenvalue weighted by Crippen LogP contribution is 2.31. The first-order valence-electron chi connectivity index (χ1n) is 7.16. The van der Waals surface area contributed by atoms with Gasteiger partial charge in [-0.15, -0.1) is 11.8 Å². The van der Waals surface area contributed by atoms with E-state index in [0.717, 1.165) is 17.8 Å². The molecule has 1 aliphatic heterocycles. The van der Waals surface area contributed by atoms with Crippen LogP contribution in [0.25, 0.3) is 0 Å². The smallest absolute Gasteiger partial charge is 0.368 e. The van der Waals surface area contributed by atoms with Crippen molar-refractivity contribution >= 4 is 17.4 Å². The van der Waals surface area contributed by atoms with Crippen molar-refractivity contribution in [3.05, 3.63) is 40.4 Å². The molecule has 126 valence electrons. The molecule has 0 bridgehead atoms. The van der Waals surface area contributed by atoms with Gasteiger partial charge in [-0.25, -0.2) is 0 Å². The lowest BCUT2D eigenvalue weighted by atomic mass is 10.1. The minimum Gasteiger partial charge on any atom is -0.368 e. The molecule has 0 unspecified atom stereocenters. The standard InChI is InChI=1S/C16H15F3N4S/c1-24-15(12(10-20)11-21)23-8-6-22(7-9-23)14-4-2-13(3-5-14)16(17,18)19/h2-5H,6-9H2,1H3. The minimum absolute atomic E-state index is 0.0884. The zero-order valence-electron chi connectivity index (χ0n) is 13.0. The molecule has 0 radical (unpaired) electrons. The number of halogens is 3. The van der Waals surface area contributed by atoms with Crippen LogP contribution in [0.5, 0.6) is 0 Å². The van der Waals surface area contributed by atoms with Crippen molar-refractivity contribution in [2.75, 3.05) is 37.3 Å². The number of nitrogens with zero attached hydrogens (tertiary/aromatic N) is 4. The normalized spacial score (nSPS) is 14.8. The van der Waals surface area contributed by atoms with Crippen LogP contribution < -0.4 is 4.90 Å². The van der Waals surface area contributed by atoms with Crippen LogP contribution in [0.3, 0.4) is 0 Å². The van der Waals surface area contributed by atoms with Crippen molar-refractivity contribution in [1.82, 2.24) is 4.90 Å². The summed E-state index contributed by atoms with van der Waals surface area (Å²) >= 11 is 1.35. The lowest BCUT2D eigenvalue weighted by Crippen LogP contribution is -2.45. The molecule has 1 fully saturated rings. The number of thioether (sulfide) groups is 1. The van der Waals surface area contributed by atoms with Gasteiger partial charge in [0.1, 0.15) is 12.1 Å². The number of hydrogen-bond donors (Lipinski definition) is 0. The highest BCUT2D eigenvalue weighted by Gasteiger charge is 2.30. The molecule has 1 saturated heterocycles. The molecule has 1 aromatic rings. The van der Waals surface area contributed by atoms with Crippen molar-refractivity contribution in [2.24, 2.45) is 0 Å². The van der Waals surface area contributed by atoms with Gasteiger partial charge < -0.3 is 9.80 Å². The minimum atomic E-state index is -4.33. The van der Waals surface area contributed by atoms with Gasteiger partial charge >= 0.3 is 6.18 Å². The highest BCUT2D eigenvalue weighted by atomic mass is 32.2. The average molecular weight is 352 g/mol. The van der Waals surface area contributed by atoms with Crippen LogP contribution in [-0.4, -0.2) is 37.3 Å². The second kappa shape index (κ2) is 7.50. The number of rotatable bonds is 3. The number of allylic oxidation sites excluding steroid dienone is 1. The third-order valence-corrected chi connectivity index (χ3v) is 4.61. The molecule has 0 aromatic heterocycles. The zero-order valence-corrected chi connectivity index (χ0v) is 13.8. The Morgan fingerprint density at radius 2 is 1.58 bits per heavy atom. The van der Waals surface area contributed by atoms with Gasteiger partial charge in [0.15, 0.2) is 5.57 Å². The van der Waals surface area contributed by atoms with Crippen LogP contribution in [0.15, 0.2) is 34.9 Å². The first-order valence-corrected chi connectivity index (χ1v) is 8.38. The van der Waals surface area contributed by atoms with Gasteiger partial charge in [0, 0.05) is 31.9 Å². The number of nitriles is 2. The van der Waals surface area contributed by atoms with E-state index in [1.54, 1.807) is 0 Å². The molecule has 0 N–H and O–H groups in total. The Hall–Kier alpha value is -2.32. The van der Waals surface area contributed by atoms with E-state index in [2.05, 4.69) is 0 Å². The van der Waals surface area contributed by atoms with Gasteiger partial charge in [0.05, 0.1) is 10.6 Å². The Balaban J connectivity index is 2.07. The van der Waals surface area contributed by atoms with E-state index < -0.39 is 11.7 Å². The van der Waals surface area contributed by atoms with E-state index in [1.807, 2.05) is 28.2 Å². The molecular weight excluding hydrogens is 337 g/mol. The first-order chi connectivity index (χ1) is 11.4. The molecule has 0 spiro atoms. The topological polar surface area (TPSA) is 54.1 Å². The lowest BCUT2D eigenvalue weighted by Gasteiger charge is -2.38. The van der Waals surface area contributed by atoms with E-state index in [1.165, 1.54) is 23.9 Å². The summed E-state index contributed by atoms with van der Waals surface area (Å²) in [4.78, 5) is 3.96. The molecule has 0 aliphatic carbocycles. The summed E-state index contributed by atoms with van der Waals surface area (Å²) in [5.74, 6) is 0. The third-order valence-electron chi connectivity index (χ3n) is 3.76. The molecule has 8 heteroatoms. The van der Waals surface area contributed by atoms with Gasteiger partial charge in [-0.05, 0) is 30.5 Å². The molecule has 4 nitrogen and oxygen atoms in total. The Morgan fingerprint density at radius 3 is 2.00 bits per heavy atom. The van der Waals surface area contributed by atoms with Gasteiger partial charge in [0.2, 0.25) is 0 Å². The summed E-state index contributed by atoms with van der Waals surface area (Å²) in [5.41, 5.74) is 0.161. The fourth-order valence-electron chi connectivity index (χ4n) is 2.54. The SMILES string of the molecule is CSC(=C(C#N)C#N)N1CCN(c2ccc(C(F)(F)F)cc2)CC1. The highest BCUT2D eigenvalue weighted by molar-refractivity contribution is 8.02.